The summed E-state index contributed by atoms with van der Waals surface area (Å²) >= 11 is 0. The number of benzene rings is 1. The normalized spacial score (nSPS) is 36.0. The van der Waals surface area contributed by atoms with Crippen molar-refractivity contribution in [3.63, 3.8) is 0 Å². The molecule has 1 aromatic carbocycles. The Morgan fingerprint density at radius 1 is 1.14 bits per heavy atom. The van der Waals surface area contributed by atoms with Gasteiger partial charge in [0.15, 0.2) is 0 Å². The monoisotopic (exact) mass is 291 g/mol. The first kappa shape index (κ1) is 14.8. The molecule has 1 aromatic rings. The van der Waals surface area contributed by atoms with Crippen LogP contribution in [-0.4, -0.2) is 41.1 Å². The quantitative estimate of drug-likeness (QED) is 0.792. The highest BCUT2D eigenvalue weighted by molar-refractivity contribution is 5.28. The Kier molecular flexibility index (Phi) is 3.95. The lowest BCUT2D eigenvalue weighted by Gasteiger charge is -2.54. The first-order valence-corrected chi connectivity index (χ1v) is 7.88. The van der Waals surface area contributed by atoms with Crippen LogP contribution in [0, 0.1) is 0 Å². The molecule has 1 unspecified atom stereocenters. The van der Waals surface area contributed by atoms with E-state index in [2.05, 4.69) is 5.32 Å². The van der Waals surface area contributed by atoms with Gasteiger partial charge in [0, 0.05) is 6.04 Å². The summed E-state index contributed by atoms with van der Waals surface area (Å²) in [5.41, 5.74) is -0.784. The second-order valence-electron chi connectivity index (χ2n) is 6.47. The second kappa shape index (κ2) is 5.59. The maximum Gasteiger partial charge on any atom is 0.118 e. The third-order valence-corrected chi connectivity index (χ3v) is 5.31. The highest BCUT2D eigenvalue weighted by Gasteiger charge is 2.56. The molecule has 0 bridgehead atoms. The largest absolute Gasteiger partial charge is 0.497 e. The van der Waals surface area contributed by atoms with Gasteiger partial charge in [0.2, 0.25) is 0 Å². The predicted molar refractivity (Wildman–Crippen MR) is 81.5 cm³/mol. The first-order valence-electron chi connectivity index (χ1n) is 7.88. The average molecular weight is 291 g/mol. The van der Waals surface area contributed by atoms with Crippen LogP contribution in [0.4, 0.5) is 0 Å². The van der Waals surface area contributed by atoms with Crippen LogP contribution in [-0.2, 0) is 6.42 Å². The van der Waals surface area contributed by atoms with E-state index in [0.29, 0.717) is 19.3 Å². The van der Waals surface area contributed by atoms with Crippen LogP contribution < -0.4 is 10.1 Å². The topological polar surface area (TPSA) is 61.7 Å². The van der Waals surface area contributed by atoms with Gasteiger partial charge in [0.05, 0.1) is 12.7 Å². The van der Waals surface area contributed by atoms with E-state index in [1.54, 1.807) is 7.11 Å². The molecule has 1 aliphatic carbocycles. The lowest BCUT2D eigenvalue weighted by Crippen LogP contribution is -2.71. The fourth-order valence-electron chi connectivity index (χ4n) is 3.96. The van der Waals surface area contributed by atoms with Gasteiger partial charge in [-0.2, -0.15) is 0 Å². The summed E-state index contributed by atoms with van der Waals surface area (Å²) in [5.74, 6) is 0.836. The summed E-state index contributed by atoms with van der Waals surface area (Å²) in [6.07, 6.45) is 4.75. The summed E-state index contributed by atoms with van der Waals surface area (Å²) in [7, 11) is 1.66. The minimum atomic E-state index is -1.01. The third-order valence-electron chi connectivity index (χ3n) is 5.31. The summed E-state index contributed by atoms with van der Waals surface area (Å²) in [6.45, 7) is 0.764. The number of hydrogen-bond donors (Lipinski definition) is 3. The number of aliphatic hydroxyl groups is 2. The lowest BCUT2D eigenvalue weighted by molar-refractivity contribution is -0.207. The van der Waals surface area contributed by atoms with Crippen molar-refractivity contribution in [2.75, 3.05) is 13.7 Å². The van der Waals surface area contributed by atoms with Crippen molar-refractivity contribution in [2.45, 2.75) is 55.8 Å². The molecule has 3 atom stereocenters. The lowest BCUT2D eigenvalue weighted by atomic mass is 9.63. The Bertz CT molecular complexity index is 485. The SMILES string of the molecule is COc1ccc(C[C@@H]2NCC[C@]3(O)CCCCC23O)cc1. The molecule has 0 radical (unpaired) electrons. The van der Waals surface area contributed by atoms with Crippen LogP contribution in [0.2, 0.25) is 0 Å². The van der Waals surface area contributed by atoms with Crippen LogP contribution in [0.5, 0.6) is 5.75 Å². The third kappa shape index (κ3) is 2.56. The molecule has 116 valence electrons. The maximum atomic E-state index is 11.1. The van der Waals surface area contributed by atoms with E-state index in [1.807, 2.05) is 24.3 Å². The van der Waals surface area contributed by atoms with Crippen molar-refractivity contribution in [3.05, 3.63) is 29.8 Å². The number of hydrogen-bond acceptors (Lipinski definition) is 4. The minimum Gasteiger partial charge on any atom is -0.497 e. The molecule has 1 heterocycles. The van der Waals surface area contributed by atoms with Crippen LogP contribution in [0.15, 0.2) is 24.3 Å². The summed E-state index contributed by atoms with van der Waals surface area (Å²) in [6, 6.07) is 7.84. The smallest absolute Gasteiger partial charge is 0.118 e. The zero-order valence-electron chi connectivity index (χ0n) is 12.6. The highest BCUT2D eigenvalue weighted by atomic mass is 16.5. The number of methoxy groups -OCH3 is 1. The first-order chi connectivity index (χ1) is 10.1. The fraction of sp³-hybridized carbons (Fsp3) is 0.647. The molecule has 0 amide bonds. The van der Waals surface area contributed by atoms with Crippen molar-refractivity contribution < 1.29 is 14.9 Å². The Hall–Kier alpha value is -1.10. The van der Waals surface area contributed by atoms with Crippen LogP contribution >= 0.6 is 0 Å². The maximum absolute atomic E-state index is 11.1. The van der Waals surface area contributed by atoms with Gasteiger partial charge in [-0.15, -0.1) is 0 Å². The standard InChI is InChI=1S/C17H25NO3/c1-21-14-6-4-13(5-7-14)12-15-17(20)9-3-2-8-16(17,19)10-11-18-15/h4-7,15,18-20H,2-3,8-12H2,1H3/t15-,16+,17?/m0/s1. The molecule has 21 heavy (non-hydrogen) atoms. The molecule has 4 heteroatoms. The molecule has 1 saturated heterocycles. The highest BCUT2D eigenvalue weighted by Crippen LogP contribution is 2.44. The minimum absolute atomic E-state index is 0.0926. The zero-order valence-corrected chi connectivity index (χ0v) is 12.6. The van der Waals surface area contributed by atoms with E-state index >= 15 is 0 Å². The number of nitrogens with one attached hydrogen (secondary N) is 1. The predicted octanol–water partition coefficient (Wildman–Crippen LogP) is 1.64. The van der Waals surface area contributed by atoms with E-state index in [9.17, 15) is 10.2 Å². The number of rotatable bonds is 3. The average Bonchev–Trinajstić information content (AvgIpc) is 2.49. The van der Waals surface area contributed by atoms with Gasteiger partial charge in [0.1, 0.15) is 11.4 Å². The summed E-state index contributed by atoms with van der Waals surface area (Å²) in [5, 5.41) is 25.4. The van der Waals surface area contributed by atoms with Crippen LogP contribution in [0.1, 0.15) is 37.7 Å². The molecule has 1 saturated carbocycles. The van der Waals surface area contributed by atoms with Gasteiger partial charge in [-0.1, -0.05) is 25.0 Å². The fourth-order valence-corrected chi connectivity index (χ4v) is 3.96. The second-order valence-corrected chi connectivity index (χ2v) is 6.47. The zero-order chi connectivity index (χ0) is 14.9. The molecule has 4 nitrogen and oxygen atoms in total. The van der Waals surface area contributed by atoms with Gasteiger partial charge in [-0.05, 0) is 49.9 Å². The molecular formula is C17H25NO3. The van der Waals surface area contributed by atoms with E-state index in [-0.39, 0.29) is 6.04 Å². The molecule has 0 aromatic heterocycles. The van der Waals surface area contributed by atoms with Crippen molar-refractivity contribution in [3.8, 4) is 5.75 Å². The van der Waals surface area contributed by atoms with E-state index < -0.39 is 11.2 Å². The van der Waals surface area contributed by atoms with Crippen molar-refractivity contribution >= 4 is 0 Å². The van der Waals surface area contributed by atoms with Gasteiger partial charge in [0.25, 0.3) is 0 Å². The van der Waals surface area contributed by atoms with Crippen molar-refractivity contribution in [1.82, 2.24) is 5.32 Å². The van der Waals surface area contributed by atoms with E-state index in [1.165, 1.54) is 0 Å². The molecule has 1 aliphatic heterocycles. The van der Waals surface area contributed by atoms with Gasteiger partial charge < -0.3 is 20.3 Å². The van der Waals surface area contributed by atoms with Gasteiger partial charge >= 0.3 is 0 Å². The van der Waals surface area contributed by atoms with Crippen LogP contribution in [0.25, 0.3) is 0 Å². The van der Waals surface area contributed by atoms with Gasteiger partial charge in [-0.3, -0.25) is 0 Å². The van der Waals surface area contributed by atoms with Crippen molar-refractivity contribution in [2.24, 2.45) is 0 Å². The number of piperidine rings is 1. The Balaban J connectivity index is 1.79. The van der Waals surface area contributed by atoms with Crippen molar-refractivity contribution in [1.29, 1.82) is 0 Å². The summed E-state index contributed by atoms with van der Waals surface area (Å²) < 4.78 is 5.18. The Morgan fingerprint density at radius 2 is 1.86 bits per heavy atom. The van der Waals surface area contributed by atoms with E-state index in [0.717, 1.165) is 37.1 Å². The number of fused-ring (bicyclic) bond motifs is 1. The Labute approximate surface area is 126 Å². The molecule has 0 spiro atoms. The molecule has 3 N–H and O–H groups in total. The number of ether oxygens (including phenoxy) is 1. The van der Waals surface area contributed by atoms with E-state index in [4.69, 9.17) is 4.74 Å². The van der Waals surface area contributed by atoms with Gasteiger partial charge in [-0.25, -0.2) is 0 Å². The molecule has 2 aliphatic rings. The molecular weight excluding hydrogens is 266 g/mol. The molecule has 3 rings (SSSR count). The summed E-state index contributed by atoms with van der Waals surface area (Å²) in [4.78, 5) is 0. The van der Waals surface area contributed by atoms with Crippen LogP contribution in [0.3, 0.4) is 0 Å². The molecule has 2 fully saturated rings. The Morgan fingerprint density at radius 3 is 2.57 bits per heavy atom.